The summed E-state index contributed by atoms with van der Waals surface area (Å²) in [5.74, 6) is -0.622. The lowest BCUT2D eigenvalue weighted by Gasteiger charge is -2.17. The number of nitrogens with zero attached hydrogens (tertiary/aromatic N) is 2. The summed E-state index contributed by atoms with van der Waals surface area (Å²) in [6.07, 6.45) is 1.07. The van der Waals surface area contributed by atoms with Crippen molar-refractivity contribution in [3.05, 3.63) is 29.8 Å². The van der Waals surface area contributed by atoms with Crippen LogP contribution in [0.5, 0.6) is 0 Å². The van der Waals surface area contributed by atoms with E-state index in [1.807, 2.05) is 0 Å². The number of rotatable bonds is 10. The number of hydrogen-bond donors (Lipinski definition) is 3. The predicted molar refractivity (Wildman–Crippen MR) is 114 cm³/mol. The van der Waals surface area contributed by atoms with Gasteiger partial charge in [-0.15, -0.1) is 5.59 Å². The average molecular weight is 449 g/mol. The largest absolute Gasteiger partial charge is 0.534 e. The fourth-order valence-electron chi connectivity index (χ4n) is 2.84. The van der Waals surface area contributed by atoms with E-state index in [0.29, 0.717) is 24.2 Å². The minimum absolute atomic E-state index is 0.0616. The predicted octanol–water partition coefficient (Wildman–Crippen LogP) is 1.06. The van der Waals surface area contributed by atoms with Gasteiger partial charge >= 0.3 is 18.2 Å². The van der Waals surface area contributed by atoms with Crippen molar-refractivity contribution < 1.29 is 33.5 Å². The van der Waals surface area contributed by atoms with E-state index in [9.17, 15) is 19.2 Å². The van der Waals surface area contributed by atoms with Gasteiger partial charge in [-0.05, 0) is 38.0 Å². The van der Waals surface area contributed by atoms with Gasteiger partial charge in [-0.2, -0.15) is 5.10 Å². The van der Waals surface area contributed by atoms with Crippen molar-refractivity contribution in [1.82, 2.24) is 16.2 Å². The summed E-state index contributed by atoms with van der Waals surface area (Å²) in [4.78, 5) is 53.0. The van der Waals surface area contributed by atoms with E-state index in [1.165, 1.54) is 6.21 Å². The van der Waals surface area contributed by atoms with Crippen LogP contribution >= 0.6 is 0 Å². The Kier molecular flexibility index (Phi) is 9.75. The Morgan fingerprint density at radius 2 is 1.88 bits per heavy atom. The summed E-state index contributed by atoms with van der Waals surface area (Å²) < 4.78 is 9.35. The normalized spacial score (nSPS) is 15.4. The molecule has 0 aliphatic carbocycles. The molecule has 12 heteroatoms. The second-order valence-electron chi connectivity index (χ2n) is 6.51. The molecule has 0 spiro atoms. The van der Waals surface area contributed by atoms with Gasteiger partial charge in [0.25, 0.3) is 0 Å². The lowest BCUT2D eigenvalue weighted by molar-refractivity contribution is -0.142. The van der Waals surface area contributed by atoms with Gasteiger partial charge in [-0.3, -0.25) is 14.4 Å². The number of benzene rings is 1. The van der Waals surface area contributed by atoms with Crippen LogP contribution in [0.2, 0.25) is 0 Å². The molecule has 1 heterocycles. The zero-order valence-corrected chi connectivity index (χ0v) is 18.0. The van der Waals surface area contributed by atoms with Crippen LogP contribution in [0, 0.1) is 0 Å². The van der Waals surface area contributed by atoms with Gasteiger partial charge in [-0.1, -0.05) is 12.1 Å². The minimum Gasteiger partial charge on any atom is -0.466 e. The number of hydrogen-bond acceptors (Lipinski definition) is 9. The Hall–Kier alpha value is -3.83. The first kappa shape index (κ1) is 24.4. The van der Waals surface area contributed by atoms with Crippen LogP contribution in [0.3, 0.4) is 0 Å². The molecule has 0 radical (unpaired) electrons. The molecule has 0 saturated carbocycles. The maximum atomic E-state index is 12.6. The minimum atomic E-state index is -0.886. The topological polar surface area (TPSA) is 148 Å². The van der Waals surface area contributed by atoms with E-state index >= 15 is 0 Å². The third-order valence-electron chi connectivity index (χ3n) is 4.29. The smallest absolute Gasteiger partial charge is 0.466 e. The summed E-state index contributed by atoms with van der Waals surface area (Å²) >= 11 is 0. The first-order chi connectivity index (χ1) is 15.4. The van der Waals surface area contributed by atoms with E-state index in [0.717, 1.165) is 0 Å². The molecule has 1 atom stereocenters. The number of carbonyl (C=O) groups is 4. The van der Waals surface area contributed by atoms with Gasteiger partial charge in [0.15, 0.2) is 0 Å². The SMILES string of the molecule is CCOC(=O)CCNC(=O)N[C@H]1CCN(c2ccc(C=NNOC(=O)OCC)cc2)C1=O. The van der Waals surface area contributed by atoms with Crippen molar-refractivity contribution in [1.29, 1.82) is 0 Å². The van der Waals surface area contributed by atoms with Crippen LogP contribution in [-0.4, -0.2) is 62.6 Å². The number of nitrogens with one attached hydrogen (secondary N) is 3. The van der Waals surface area contributed by atoms with Crippen molar-refractivity contribution in [2.24, 2.45) is 5.10 Å². The monoisotopic (exact) mass is 449 g/mol. The molecular formula is C20H27N5O7. The summed E-state index contributed by atoms with van der Waals surface area (Å²) in [6, 6.07) is 5.80. The van der Waals surface area contributed by atoms with E-state index in [4.69, 9.17) is 4.74 Å². The molecule has 0 unspecified atom stereocenters. The van der Waals surface area contributed by atoms with Crippen molar-refractivity contribution >= 4 is 36.0 Å². The highest BCUT2D eigenvalue weighted by Crippen LogP contribution is 2.21. The molecule has 0 bridgehead atoms. The van der Waals surface area contributed by atoms with Crippen LogP contribution < -0.4 is 21.1 Å². The summed E-state index contributed by atoms with van der Waals surface area (Å²) in [5, 5.41) is 8.90. The Balaban J connectivity index is 1.78. The summed E-state index contributed by atoms with van der Waals surface area (Å²) in [7, 11) is 0. The van der Waals surface area contributed by atoms with Crippen molar-refractivity contribution in [2.75, 3.05) is 31.2 Å². The van der Waals surface area contributed by atoms with E-state index in [-0.39, 0.29) is 32.1 Å². The summed E-state index contributed by atoms with van der Waals surface area (Å²) in [5.41, 5.74) is 3.49. The quantitative estimate of drug-likeness (QED) is 0.273. The second kappa shape index (κ2) is 12.8. The number of hydrazone groups is 1. The fourth-order valence-corrected chi connectivity index (χ4v) is 2.84. The second-order valence-corrected chi connectivity index (χ2v) is 6.51. The molecule has 32 heavy (non-hydrogen) atoms. The highest BCUT2D eigenvalue weighted by Gasteiger charge is 2.33. The van der Waals surface area contributed by atoms with Crippen LogP contribution in [0.25, 0.3) is 0 Å². The molecule has 1 aliphatic rings. The number of ether oxygens (including phenoxy) is 2. The molecule has 12 nitrogen and oxygen atoms in total. The van der Waals surface area contributed by atoms with E-state index in [1.54, 1.807) is 43.0 Å². The standard InChI is InChI=1S/C20H27N5O7/c1-3-30-17(26)9-11-21-19(28)23-16-10-12-25(18(16)27)15-7-5-14(6-8-15)13-22-24-32-20(29)31-4-2/h5-8,13,16,24H,3-4,9-12H2,1-2H3,(H2,21,23,28)/t16-/m0/s1. The van der Waals surface area contributed by atoms with Gasteiger partial charge in [-0.25, -0.2) is 9.59 Å². The van der Waals surface area contributed by atoms with E-state index in [2.05, 4.69) is 30.9 Å². The van der Waals surface area contributed by atoms with Gasteiger partial charge in [0.1, 0.15) is 6.04 Å². The first-order valence-electron chi connectivity index (χ1n) is 10.2. The molecule has 1 aliphatic heterocycles. The van der Waals surface area contributed by atoms with Gasteiger partial charge in [0, 0.05) is 18.8 Å². The zero-order valence-electron chi connectivity index (χ0n) is 18.0. The van der Waals surface area contributed by atoms with Crippen LogP contribution in [0.15, 0.2) is 29.4 Å². The van der Waals surface area contributed by atoms with Gasteiger partial charge in [0.05, 0.1) is 25.8 Å². The Morgan fingerprint density at radius 3 is 2.56 bits per heavy atom. The molecule has 2 rings (SSSR count). The van der Waals surface area contributed by atoms with Crippen LogP contribution in [0.1, 0.15) is 32.3 Å². The van der Waals surface area contributed by atoms with Gasteiger partial charge < -0.3 is 25.0 Å². The molecule has 3 amide bonds. The number of anilines is 1. The third kappa shape index (κ3) is 7.78. The van der Waals surface area contributed by atoms with Crippen LogP contribution in [0.4, 0.5) is 15.3 Å². The fraction of sp³-hybridized carbons (Fsp3) is 0.450. The average Bonchev–Trinajstić information content (AvgIpc) is 3.12. The first-order valence-corrected chi connectivity index (χ1v) is 10.2. The molecular weight excluding hydrogens is 422 g/mol. The molecule has 174 valence electrons. The van der Waals surface area contributed by atoms with Crippen LogP contribution in [-0.2, 0) is 23.9 Å². The highest BCUT2D eigenvalue weighted by atomic mass is 16.8. The molecule has 1 aromatic rings. The molecule has 3 N–H and O–H groups in total. The van der Waals surface area contributed by atoms with Crippen molar-refractivity contribution in [3.63, 3.8) is 0 Å². The van der Waals surface area contributed by atoms with Crippen molar-refractivity contribution in [2.45, 2.75) is 32.7 Å². The molecule has 1 fully saturated rings. The molecule has 1 aromatic carbocycles. The lowest BCUT2D eigenvalue weighted by Crippen LogP contribution is -2.46. The van der Waals surface area contributed by atoms with Crippen molar-refractivity contribution in [3.8, 4) is 0 Å². The maximum Gasteiger partial charge on any atom is 0.534 e. The maximum absolute atomic E-state index is 12.6. The zero-order chi connectivity index (χ0) is 23.3. The molecule has 1 saturated heterocycles. The summed E-state index contributed by atoms with van der Waals surface area (Å²) in [6.45, 7) is 4.41. The Morgan fingerprint density at radius 1 is 1.16 bits per heavy atom. The number of carbonyl (C=O) groups excluding carboxylic acids is 4. The number of esters is 1. The third-order valence-corrected chi connectivity index (χ3v) is 4.29. The number of amides is 3. The Bertz CT molecular complexity index is 828. The van der Waals surface area contributed by atoms with Gasteiger partial charge in [0.2, 0.25) is 5.91 Å². The molecule has 0 aromatic heterocycles. The Labute approximate surface area is 185 Å². The highest BCUT2D eigenvalue weighted by molar-refractivity contribution is 6.01. The van der Waals surface area contributed by atoms with E-state index < -0.39 is 24.2 Å². The lowest BCUT2D eigenvalue weighted by atomic mass is 10.2. The number of urea groups is 1.